The Kier molecular flexibility index (Phi) is 7.11. The van der Waals surface area contributed by atoms with Gasteiger partial charge in [-0.2, -0.15) is 0 Å². The van der Waals surface area contributed by atoms with Crippen LogP contribution in [0.4, 0.5) is 17.2 Å². The van der Waals surface area contributed by atoms with Gasteiger partial charge < -0.3 is 20.9 Å². The molecular weight excluding hydrogens is 498 g/mol. The Morgan fingerprint density at radius 2 is 1.71 bits per heavy atom. The van der Waals surface area contributed by atoms with Gasteiger partial charge in [-0.05, 0) is 43.5 Å². The van der Waals surface area contributed by atoms with Gasteiger partial charge in [-0.25, -0.2) is 4.98 Å². The van der Waals surface area contributed by atoms with Crippen molar-refractivity contribution in [2.24, 2.45) is 5.92 Å². The number of carbonyl (C=O) groups is 3. The highest BCUT2D eigenvalue weighted by Gasteiger charge is 2.36. The van der Waals surface area contributed by atoms with E-state index in [4.69, 9.17) is 0 Å². The van der Waals surface area contributed by atoms with Crippen molar-refractivity contribution in [2.75, 3.05) is 24.7 Å². The molecule has 0 spiro atoms. The summed E-state index contributed by atoms with van der Waals surface area (Å²) in [5, 5.41) is 11.9. The molecule has 0 aliphatic heterocycles. The van der Waals surface area contributed by atoms with E-state index < -0.39 is 0 Å². The number of amides is 3. The van der Waals surface area contributed by atoms with E-state index in [1.165, 1.54) is 17.5 Å². The molecule has 9 heteroatoms. The van der Waals surface area contributed by atoms with E-state index in [0.717, 1.165) is 21.3 Å². The molecule has 194 valence electrons. The number of benzene rings is 2. The molecule has 0 bridgehead atoms. The summed E-state index contributed by atoms with van der Waals surface area (Å²) in [7, 11) is 3.47. The predicted octanol–water partition coefficient (Wildman–Crippen LogP) is 5.20. The highest BCUT2D eigenvalue weighted by Crippen LogP contribution is 2.31. The third-order valence-corrected chi connectivity index (χ3v) is 7.75. The number of rotatable bonds is 7. The van der Waals surface area contributed by atoms with Gasteiger partial charge in [0, 0.05) is 53.4 Å². The number of nitrogens with zero attached hydrogens (tertiary/aromatic N) is 2. The number of thiophene rings is 1. The Balaban J connectivity index is 1.38. The summed E-state index contributed by atoms with van der Waals surface area (Å²) in [6.45, 7) is 1.98. The summed E-state index contributed by atoms with van der Waals surface area (Å²) in [4.78, 5) is 44.6. The van der Waals surface area contributed by atoms with E-state index in [0.29, 0.717) is 35.5 Å². The predicted molar refractivity (Wildman–Crippen MR) is 151 cm³/mol. The zero-order valence-electron chi connectivity index (χ0n) is 21.4. The number of nitrogens with one attached hydrogen (secondary N) is 3. The van der Waals surface area contributed by atoms with Crippen molar-refractivity contribution in [3.63, 3.8) is 0 Å². The molecule has 8 nitrogen and oxygen atoms in total. The van der Waals surface area contributed by atoms with Crippen molar-refractivity contribution in [1.29, 1.82) is 0 Å². The maximum absolute atomic E-state index is 13.3. The fraction of sp³-hybridized carbons (Fsp3) is 0.241. The standard InChI is InChI=1S/C29H29N5O3S/c1-17-8-4-6-10-23(17)32-26-24(33-28(36)22-16-38-25-11-7-5-9-21(22)25)14-19(15-30-26)27(35)31-20-12-18(13-20)29(37)34(2)3/h4-11,14-16,18,20H,12-13H2,1-3H3,(H,30,32)(H,31,35)(H,33,36). The first kappa shape index (κ1) is 25.4. The van der Waals surface area contributed by atoms with Gasteiger partial charge in [0.2, 0.25) is 5.91 Å². The second-order valence-corrected chi connectivity index (χ2v) is 10.6. The Morgan fingerprint density at radius 1 is 0.974 bits per heavy atom. The minimum absolute atomic E-state index is 0.0654. The molecule has 1 fully saturated rings. The number of hydrogen-bond donors (Lipinski definition) is 3. The van der Waals surface area contributed by atoms with Crippen molar-refractivity contribution in [3.05, 3.63) is 82.9 Å². The van der Waals surface area contributed by atoms with Crippen LogP contribution in [0.3, 0.4) is 0 Å². The van der Waals surface area contributed by atoms with Crippen LogP contribution >= 0.6 is 11.3 Å². The molecule has 0 unspecified atom stereocenters. The zero-order chi connectivity index (χ0) is 26.8. The quantitative estimate of drug-likeness (QED) is 0.307. The molecular formula is C29H29N5O3S. The number of pyridine rings is 1. The van der Waals surface area contributed by atoms with Crippen LogP contribution in [0.2, 0.25) is 0 Å². The smallest absolute Gasteiger partial charge is 0.257 e. The van der Waals surface area contributed by atoms with Crippen molar-refractivity contribution >= 4 is 56.3 Å². The summed E-state index contributed by atoms with van der Waals surface area (Å²) in [6, 6.07) is 17.1. The number of para-hydroxylation sites is 1. The molecule has 0 saturated heterocycles. The largest absolute Gasteiger partial charge is 0.349 e. The monoisotopic (exact) mass is 527 g/mol. The Hall–Kier alpha value is -4.24. The van der Waals surface area contributed by atoms with E-state index in [1.807, 2.05) is 60.8 Å². The van der Waals surface area contributed by atoms with Gasteiger partial charge in [0.15, 0.2) is 5.82 Å². The minimum Gasteiger partial charge on any atom is -0.349 e. The van der Waals surface area contributed by atoms with Crippen LogP contribution in [0.25, 0.3) is 10.1 Å². The van der Waals surface area contributed by atoms with Crippen molar-refractivity contribution < 1.29 is 14.4 Å². The topological polar surface area (TPSA) is 103 Å². The van der Waals surface area contributed by atoms with Crippen molar-refractivity contribution in [2.45, 2.75) is 25.8 Å². The summed E-state index contributed by atoms with van der Waals surface area (Å²) in [5.41, 5.74) is 3.15. The number of aryl methyl sites for hydroxylation is 1. The van der Waals surface area contributed by atoms with Crippen LogP contribution in [0.1, 0.15) is 39.1 Å². The second kappa shape index (κ2) is 10.6. The summed E-state index contributed by atoms with van der Waals surface area (Å²) >= 11 is 1.51. The number of aromatic nitrogens is 1. The van der Waals surface area contributed by atoms with Gasteiger partial charge in [-0.15, -0.1) is 11.3 Å². The minimum atomic E-state index is -0.294. The van der Waals surface area contributed by atoms with Crippen LogP contribution < -0.4 is 16.0 Å². The first-order chi connectivity index (χ1) is 18.3. The van der Waals surface area contributed by atoms with Crippen LogP contribution in [0.15, 0.2) is 66.2 Å². The normalized spacial score (nSPS) is 16.4. The molecule has 1 aliphatic rings. The molecule has 0 radical (unpaired) electrons. The van der Waals surface area contributed by atoms with Gasteiger partial charge in [0.1, 0.15) is 0 Å². The van der Waals surface area contributed by atoms with Crippen LogP contribution in [0, 0.1) is 12.8 Å². The number of carbonyl (C=O) groups excluding carboxylic acids is 3. The molecule has 2 aromatic carbocycles. The lowest BCUT2D eigenvalue weighted by Gasteiger charge is -2.36. The molecule has 0 atom stereocenters. The molecule has 38 heavy (non-hydrogen) atoms. The van der Waals surface area contributed by atoms with E-state index in [2.05, 4.69) is 20.9 Å². The molecule has 2 heterocycles. The summed E-state index contributed by atoms with van der Waals surface area (Å²) < 4.78 is 1.02. The Bertz CT molecular complexity index is 1520. The summed E-state index contributed by atoms with van der Waals surface area (Å²) in [5.74, 6) is -0.126. The molecule has 3 amide bonds. The van der Waals surface area contributed by atoms with Crippen LogP contribution in [-0.4, -0.2) is 47.7 Å². The maximum Gasteiger partial charge on any atom is 0.257 e. The SMILES string of the molecule is Cc1ccccc1Nc1ncc(C(=O)NC2CC(C(=O)N(C)C)C2)cc1NC(=O)c1csc2ccccc12. The third kappa shape index (κ3) is 5.24. The van der Waals surface area contributed by atoms with Gasteiger partial charge in [-0.1, -0.05) is 36.4 Å². The molecule has 2 aromatic heterocycles. The fourth-order valence-corrected chi connectivity index (χ4v) is 5.48. The van der Waals surface area contributed by atoms with Gasteiger partial charge >= 0.3 is 0 Å². The lowest BCUT2D eigenvalue weighted by atomic mass is 9.79. The molecule has 1 aliphatic carbocycles. The average Bonchev–Trinajstić information content (AvgIpc) is 3.32. The second-order valence-electron chi connectivity index (χ2n) is 9.73. The molecule has 3 N–H and O–H groups in total. The van der Waals surface area contributed by atoms with Gasteiger partial charge in [-0.3, -0.25) is 14.4 Å². The van der Waals surface area contributed by atoms with Gasteiger partial charge in [0.25, 0.3) is 11.8 Å². The third-order valence-electron chi connectivity index (χ3n) is 6.79. The van der Waals surface area contributed by atoms with Gasteiger partial charge in [0.05, 0.1) is 16.8 Å². The fourth-order valence-electron chi connectivity index (χ4n) is 4.54. The number of hydrogen-bond acceptors (Lipinski definition) is 6. The highest BCUT2D eigenvalue weighted by atomic mass is 32.1. The first-order valence-electron chi connectivity index (χ1n) is 12.4. The zero-order valence-corrected chi connectivity index (χ0v) is 22.3. The number of fused-ring (bicyclic) bond motifs is 1. The van der Waals surface area contributed by atoms with Crippen LogP contribution in [0.5, 0.6) is 0 Å². The van der Waals surface area contributed by atoms with E-state index in [-0.39, 0.29) is 29.7 Å². The maximum atomic E-state index is 13.3. The van der Waals surface area contributed by atoms with E-state index in [9.17, 15) is 14.4 Å². The van der Waals surface area contributed by atoms with E-state index >= 15 is 0 Å². The Morgan fingerprint density at radius 3 is 2.47 bits per heavy atom. The average molecular weight is 528 g/mol. The Labute approximate surface area is 225 Å². The lowest BCUT2D eigenvalue weighted by molar-refractivity contribution is -0.136. The lowest BCUT2D eigenvalue weighted by Crippen LogP contribution is -2.49. The number of anilines is 3. The highest BCUT2D eigenvalue weighted by molar-refractivity contribution is 7.17. The van der Waals surface area contributed by atoms with E-state index in [1.54, 1.807) is 25.1 Å². The molecule has 1 saturated carbocycles. The molecule has 4 aromatic rings. The van der Waals surface area contributed by atoms with Crippen molar-refractivity contribution in [1.82, 2.24) is 15.2 Å². The van der Waals surface area contributed by atoms with Crippen molar-refractivity contribution in [3.8, 4) is 0 Å². The summed E-state index contributed by atoms with van der Waals surface area (Å²) in [6.07, 6.45) is 2.71. The van der Waals surface area contributed by atoms with Crippen LogP contribution in [-0.2, 0) is 4.79 Å². The molecule has 5 rings (SSSR count). The first-order valence-corrected chi connectivity index (χ1v) is 13.3.